The molecule has 0 aliphatic carbocycles. The first kappa shape index (κ1) is 12.5. The van der Waals surface area contributed by atoms with E-state index in [0.717, 1.165) is 17.5 Å². The minimum absolute atomic E-state index is 0.198. The average Bonchev–Trinajstić information content (AvgIpc) is 3.05. The van der Waals surface area contributed by atoms with E-state index in [0.29, 0.717) is 12.2 Å². The van der Waals surface area contributed by atoms with Gasteiger partial charge in [0.05, 0.1) is 0 Å². The first-order valence-electron chi connectivity index (χ1n) is 6.50. The van der Waals surface area contributed by atoms with E-state index in [9.17, 15) is 4.79 Å². The number of nitrogens with zero attached hydrogens (tertiary/aromatic N) is 1. The van der Waals surface area contributed by atoms with Gasteiger partial charge in [-0.25, -0.2) is 0 Å². The lowest BCUT2D eigenvalue weighted by Crippen LogP contribution is -2.26. The zero-order valence-electron chi connectivity index (χ0n) is 11.1. The summed E-state index contributed by atoms with van der Waals surface area (Å²) in [5, 5.41) is 7.74. The van der Waals surface area contributed by atoms with Crippen molar-refractivity contribution in [3.05, 3.63) is 53.5 Å². The predicted molar refractivity (Wildman–Crippen MR) is 75.6 cm³/mol. The number of aryl methyl sites for hydroxylation is 1. The van der Waals surface area contributed by atoms with Crippen molar-refractivity contribution < 1.29 is 9.32 Å². The SMILES string of the molecule is Cc1conc1C(=O)NCCc1c[nH]c2ccccc12. The molecule has 2 N–H and O–H groups in total. The Kier molecular flexibility index (Phi) is 3.25. The molecule has 0 radical (unpaired) electrons. The fraction of sp³-hybridized carbons (Fsp3) is 0.200. The molecule has 5 nitrogen and oxygen atoms in total. The van der Waals surface area contributed by atoms with Crippen LogP contribution in [-0.2, 0) is 6.42 Å². The van der Waals surface area contributed by atoms with E-state index in [1.54, 1.807) is 6.92 Å². The van der Waals surface area contributed by atoms with E-state index >= 15 is 0 Å². The monoisotopic (exact) mass is 269 g/mol. The van der Waals surface area contributed by atoms with Crippen LogP contribution in [0.1, 0.15) is 21.6 Å². The number of aromatic amines is 1. The van der Waals surface area contributed by atoms with Crippen molar-refractivity contribution >= 4 is 16.8 Å². The van der Waals surface area contributed by atoms with Crippen molar-refractivity contribution in [2.75, 3.05) is 6.54 Å². The highest BCUT2D eigenvalue weighted by molar-refractivity contribution is 5.93. The Morgan fingerprint density at radius 1 is 1.40 bits per heavy atom. The number of rotatable bonds is 4. The molecule has 0 atom stereocenters. The molecule has 3 aromatic rings. The molecule has 0 unspecified atom stereocenters. The lowest BCUT2D eigenvalue weighted by molar-refractivity contribution is 0.0944. The second kappa shape index (κ2) is 5.21. The maximum atomic E-state index is 11.9. The molecule has 102 valence electrons. The number of fused-ring (bicyclic) bond motifs is 1. The lowest BCUT2D eigenvalue weighted by Gasteiger charge is -2.03. The van der Waals surface area contributed by atoms with E-state index in [-0.39, 0.29) is 5.91 Å². The number of carbonyl (C=O) groups excluding carboxylic acids is 1. The minimum atomic E-state index is -0.198. The van der Waals surface area contributed by atoms with Crippen molar-refractivity contribution in [2.45, 2.75) is 13.3 Å². The number of nitrogens with one attached hydrogen (secondary N) is 2. The van der Waals surface area contributed by atoms with Gasteiger partial charge in [-0.15, -0.1) is 0 Å². The van der Waals surface area contributed by atoms with Gasteiger partial charge >= 0.3 is 0 Å². The number of H-pyrrole nitrogens is 1. The van der Waals surface area contributed by atoms with Crippen LogP contribution in [-0.4, -0.2) is 22.6 Å². The average molecular weight is 269 g/mol. The molecule has 0 saturated carbocycles. The van der Waals surface area contributed by atoms with Crippen LogP contribution in [0.5, 0.6) is 0 Å². The number of para-hydroxylation sites is 1. The van der Waals surface area contributed by atoms with Crippen molar-refractivity contribution in [3.63, 3.8) is 0 Å². The van der Waals surface area contributed by atoms with Crippen LogP contribution in [0, 0.1) is 6.92 Å². The number of hydrogen-bond donors (Lipinski definition) is 2. The molecule has 0 bridgehead atoms. The minimum Gasteiger partial charge on any atom is -0.364 e. The number of aromatic nitrogens is 2. The summed E-state index contributed by atoms with van der Waals surface area (Å²) < 4.78 is 4.76. The molecule has 0 fully saturated rings. The van der Waals surface area contributed by atoms with E-state index in [1.165, 1.54) is 17.2 Å². The third-order valence-corrected chi connectivity index (χ3v) is 3.32. The lowest BCUT2D eigenvalue weighted by atomic mass is 10.1. The number of benzene rings is 1. The Balaban J connectivity index is 1.63. The van der Waals surface area contributed by atoms with Gasteiger partial charge in [0, 0.05) is 29.2 Å². The highest BCUT2D eigenvalue weighted by Crippen LogP contribution is 2.17. The van der Waals surface area contributed by atoms with Gasteiger partial charge < -0.3 is 14.8 Å². The molecule has 0 aliphatic rings. The summed E-state index contributed by atoms with van der Waals surface area (Å²) in [5.74, 6) is -0.198. The van der Waals surface area contributed by atoms with Gasteiger partial charge in [0.25, 0.3) is 5.91 Å². The summed E-state index contributed by atoms with van der Waals surface area (Å²) in [6.45, 7) is 2.36. The topological polar surface area (TPSA) is 70.9 Å². The first-order valence-corrected chi connectivity index (χ1v) is 6.50. The van der Waals surface area contributed by atoms with E-state index in [1.807, 2.05) is 24.4 Å². The molecular weight excluding hydrogens is 254 g/mol. The summed E-state index contributed by atoms with van der Waals surface area (Å²) in [7, 11) is 0. The van der Waals surface area contributed by atoms with Gasteiger partial charge in [-0.3, -0.25) is 4.79 Å². The Hall–Kier alpha value is -2.56. The highest BCUT2D eigenvalue weighted by atomic mass is 16.5. The third-order valence-electron chi connectivity index (χ3n) is 3.32. The zero-order chi connectivity index (χ0) is 13.9. The second-order valence-corrected chi connectivity index (χ2v) is 4.71. The normalized spacial score (nSPS) is 10.8. The van der Waals surface area contributed by atoms with Crippen molar-refractivity contribution in [2.24, 2.45) is 0 Å². The molecular formula is C15H15N3O2. The molecule has 0 saturated heterocycles. The largest absolute Gasteiger partial charge is 0.364 e. The first-order chi connectivity index (χ1) is 9.75. The molecule has 0 spiro atoms. The van der Waals surface area contributed by atoms with Crippen LogP contribution in [0.25, 0.3) is 10.9 Å². The predicted octanol–water partition coefficient (Wildman–Crippen LogP) is 2.44. The summed E-state index contributed by atoms with van der Waals surface area (Å²) in [5.41, 5.74) is 3.40. The van der Waals surface area contributed by atoms with E-state index in [4.69, 9.17) is 4.52 Å². The van der Waals surface area contributed by atoms with Crippen molar-refractivity contribution in [1.82, 2.24) is 15.5 Å². The maximum absolute atomic E-state index is 11.9. The molecule has 3 rings (SSSR count). The molecule has 20 heavy (non-hydrogen) atoms. The van der Waals surface area contributed by atoms with Crippen LogP contribution in [0.4, 0.5) is 0 Å². The van der Waals surface area contributed by atoms with Crippen LogP contribution in [0.15, 0.2) is 41.2 Å². The molecule has 2 heterocycles. The standard InChI is InChI=1S/C15H15N3O2/c1-10-9-20-18-14(10)15(19)16-7-6-11-8-17-13-5-3-2-4-12(11)13/h2-5,8-9,17H,6-7H2,1H3,(H,16,19). The number of amides is 1. The summed E-state index contributed by atoms with van der Waals surface area (Å²) in [6.07, 6.45) is 4.22. The van der Waals surface area contributed by atoms with Crippen LogP contribution in [0.2, 0.25) is 0 Å². The van der Waals surface area contributed by atoms with Gasteiger partial charge in [-0.2, -0.15) is 0 Å². The van der Waals surface area contributed by atoms with Crippen LogP contribution in [0.3, 0.4) is 0 Å². The quantitative estimate of drug-likeness (QED) is 0.764. The van der Waals surface area contributed by atoms with Crippen LogP contribution >= 0.6 is 0 Å². The highest BCUT2D eigenvalue weighted by Gasteiger charge is 2.12. The summed E-state index contributed by atoms with van der Waals surface area (Å²) >= 11 is 0. The fourth-order valence-electron chi connectivity index (χ4n) is 2.24. The number of hydrogen-bond acceptors (Lipinski definition) is 3. The maximum Gasteiger partial charge on any atom is 0.273 e. The Morgan fingerprint density at radius 3 is 3.05 bits per heavy atom. The van der Waals surface area contributed by atoms with Crippen molar-refractivity contribution in [1.29, 1.82) is 0 Å². The van der Waals surface area contributed by atoms with Gasteiger partial charge in [0.15, 0.2) is 5.69 Å². The number of carbonyl (C=O) groups is 1. The second-order valence-electron chi connectivity index (χ2n) is 4.71. The van der Waals surface area contributed by atoms with E-state index < -0.39 is 0 Å². The summed E-state index contributed by atoms with van der Waals surface area (Å²) in [6, 6.07) is 8.12. The smallest absolute Gasteiger partial charge is 0.273 e. The van der Waals surface area contributed by atoms with Gasteiger partial charge in [0.2, 0.25) is 0 Å². The summed E-state index contributed by atoms with van der Waals surface area (Å²) in [4.78, 5) is 15.1. The molecule has 1 amide bonds. The van der Waals surface area contributed by atoms with Gasteiger partial charge in [-0.1, -0.05) is 23.4 Å². The molecule has 1 aromatic carbocycles. The van der Waals surface area contributed by atoms with E-state index in [2.05, 4.69) is 21.5 Å². The third kappa shape index (κ3) is 2.30. The molecule has 2 aromatic heterocycles. The Morgan fingerprint density at radius 2 is 2.25 bits per heavy atom. The zero-order valence-corrected chi connectivity index (χ0v) is 11.1. The van der Waals surface area contributed by atoms with Crippen molar-refractivity contribution in [3.8, 4) is 0 Å². The molecule has 5 heteroatoms. The Bertz CT molecular complexity index is 742. The van der Waals surface area contributed by atoms with Gasteiger partial charge in [0.1, 0.15) is 6.26 Å². The molecule has 0 aliphatic heterocycles. The van der Waals surface area contributed by atoms with Gasteiger partial charge in [-0.05, 0) is 25.0 Å². The van der Waals surface area contributed by atoms with Crippen LogP contribution < -0.4 is 5.32 Å². The Labute approximate surface area is 116 Å². The fourth-order valence-corrected chi connectivity index (χ4v) is 2.24.